The van der Waals surface area contributed by atoms with Crippen molar-refractivity contribution >= 4 is 40.7 Å². The molecule has 7 heteroatoms. The van der Waals surface area contributed by atoms with Crippen molar-refractivity contribution in [1.82, 2.24) is 14.9 Å². The number of carbonyl (C=O) groups excluding carboxylic acids is 1. The second-order valence-corrected chi connectivity index (χ2v) is 7.08. The summed E-state index contributed by atoms with van der Waals surface area (Å²) in [6.07, 6.45) is 3.59. The number of amides is 1. The van der Waals surface area contributed by atoms with E-state index in [-0.39, 0.29) is 12.3 Å². The zero-order chi connectivity index (χ0) is 18.7. The first-order valence-electron chi connectivity index (χ1n) is 7.90. The summed E-state index contributed by atoms with van der Waals surface area (Å²) in [6.45, 7) is 0. The number of hydrogen-bond donors (Lipinski definition) is 1. The molecule has 1 atom stereocenters. The van der Waals surface area contributed by atoms with Gasteiger partial charge >= 0.3 is 0 Å². The van der Waals surface area contributed by atoms with E-state index in [1.54, 1.807) is 36.5 Å². The van der Waals surface area contributed by atoms with Crippen LogP contribution in [-0.2, 0) is 18.3 Å². The summed E-state index contributed by atoms with van der Waals surface area (Å²) >= 11 is 18.3. The van der Waals surface area contributed by atoms with Crippen LogP contribution in [0.5, 0.6) is 0 Å². The molecule has 3 rings (SSSR count). The van der Waals surface area contributed by atoms with Crippen LogP contribution in [0.3, 0.4) is 0 Å². The lowest BCUT2D eigenvalue weighted by Crippen LogP contribution is -2.32. The van der Waals surface area contributed by atoms with Gasteiger partial charge in [-0.3, -0.25) is 4.79 Å². The normalized spacial score (nSPS) is 12.0. The Kier molecular flexibility index (Phi) is 5.87. The molecule has 1 amide bonds. The van der Waals surface area contributed by atoms with Gasteiger partial charge in [-0.05, 0) is 35.4 Å². The first kappa shape index (κ1) is 18.8. The Morgan fingerprint density at radius 3 is 2.35 bits per heavy atom. The molecule has 0 spiro atoms. The number of aryl methyl sites for hydroxylation is 1. The molecular weight excluding hydrogens is 393 g/mol. The van der Waals surface area contributed by atoms with Crippen molar-refractivity contribution in [2.24, 2.45) is 7.05 Å². The van der Waals surface area contributed by atoms with Crippen molar-refractivity contribution in [1.29, 1.82) is 0 Å². The minimum Gasteiger partial charge on any atom is -0.342 e. The summed E-state index contributed by atoms with van der Waals surface area (Å²) in [5.74, 6) is 0.508. The Bertz CT molecular complexity index is 902. The molecule has 0 aliphatic carbocycles. The molecule has 134 valence electrons. The minimum atomic E-state index is -0.416. The van der Waals surface area contributed by atoms with Crippen LogP contribution in [0.1, 0.15) is 23.0 Å². The molecule has 3 aromatic rings. The standard InChI is InChI=1S/C19H16Cl3N3O/c1-25-10-9-23-19(25)18(12-5-7-13(20)8-6-12)24-17(26)11-14-15(21)3-2-4-16(14)22/h2-10,18H,11H2,1H3,(H,24,26)/t18-/m1/s1. The number of imidazole rings is 1. The fourth-order valence-corrected chi connectivity index (χ4v) is 3.34. The molecule has 0 bridgehead atoms. The number of carbonyl (C=O) groups is 1. The van der Waals surface area contributed by atoms with Crippen LogP contribution in [0, 0.1) is 0 Å². The van der Waals surface area contributed by atoms with Gasteiger partial charge in [0, 0.05) is 34.5 Å². The van der Waals surface area contributed by atoms with Gasteiger partial charge in [0.05, 0.1) is 6.42 Å². The minimum absolute atomic E-state index is 0.0764. The number of aromatic nitrogens is 2. The lowest BCUT2D eigenvalue weighted by atomic mass is 10.1. The molecule has 1 aromatic heterocycles. The van der Waals surface area contributed by atoms with Gasteiger partial charge in [0.25, 0.3) is 0 Å². The van der Waals surface area contributed by atoms with E-state index in [1.165, 1.54) is 0 Å². The van der Waals surface area contributed by atoms with Crippen LogP contribution in [0.2, 0.25) is 15.1 Å². The number of hydrogen-bond acceptors (Lipinski definition) is 2. The first-order chi connectivity index (χ1) is 12.5. The highest BCUT2D eigenvalue weighted by Gasteiger charge is 2.21. The van der Waals surface area contributed by atoms with Crippen molar-refractivity contribution in [3.05, 3.63) is 86.9 Å². The van der Waals surface area contributed by atoms with Crippen molar-refractivity contribution in [3.63, 3.8) is 0 Å². The summed E-state index contributed by atoms with van der Waals surface area (Å²) < 4.78 is 1.86. The number of benzene rings is 2. The lowest BCUT2D eigenvalue weighted by molar-refractivity contribution is -0.121. The predicted octanol–water partition coefficient (Wildman–Crippen LogP) is 4.83. The van der Waals surface area contributed by atoms with E-state index in [9.17, 15) is 4.79 Å². The van der Waals surface area contributed by atoms with Crippen LogP contribution in [0.4, 0.5) is 0 Å². The Labute approximate surface area is 166 Å². The second-order valence-electron chi connectivity index (χ2n) is 5.83. The van der Waals surface area contributed by atoms with Crippen molar-refractivity contribution in [2.75, 3.05) is 0 Å². The topological polar surface area (TPSA) is 46.9 Å². The third kappa shape index (κ3) is 4.21. The molecule has 0 radical (unpaired) electrons. The number of rotatable bonds is 5. The van der Waals surface area contributed by atoms with Gasteiger partial charge in [-0.1, -0.05) is 53.0 Å². The van der Waals surface area contributed by atoms with Crippen LogP contribution >= 0.6 is 34.8 Å². The highest BCUT2D eigenvalue weighted by Crippen LogP contribution is 2.26. The molecule has 0 aliphatic heterocycles. The van der Waals surface area contributed by atoms with E-state index in [0.29, 0.717) is 26.5 Å². The van der Waals surface area contributed by atoms with E-state index in [1.807, 2.05) is 29.9 Å². The molecule has 1 heterocycles. The number of halogens is 3. The van der Waals surface area contributed by atoms with E-state index < -0.39 is 6.04 Å². The third-order valence-corrected chi connectivity index (χ3v) is 4.98. The Morgan fingerprint density at radius 1 is 1.12 bits per heavy atom. The molecule has 1 N–H and O–H groups in total. The number of nitrogens with one attached hydrogen (secondary N) is 1. The van der Waals surface area contributed by atoms with E-state index in [2.05, 4.69) is 10.3 Å². The third-order valence-electron chi connectivity index (χ3n) is 4.02. The van der Waals surface area contributed by atoms with Crippen molar-refractivity contribution < 1.29 is 4.79 Å². The van der Waals surface area contributed by atoms with Crippen LogP contribution in [0.15, 0.2) is 54.9 Å². The lowest BCUT2D eigenvalue weighted by Gasteiger charge is -2.19. The van der Waals surface area contributed by atoms with Gasteiger partial charge in [0.15, 0.2) is 0 Å². The first-order valence-corrected chi connectivity index (χ1v) is 9.04. The fraction of sp³-hybridized carbons (Fsp3) is 0.158. The molecular formula is C19H16Cl3N3O. The van der Waals surface area contributed by atoms with Crippen molar-refractivity contribution in [3.8, 4) is 0 Å². The molecule has 26 heavy (non-hydrogen) atoms. The highest BCUT2D eigenvalue weighted by molar-refractivity contribution is 6.36. The average molecular weight is 409 g/mol. The summed E-state index contributed by atoms with van der Waals surface area (Å²) in [4.78, 5) is 17.1. The zero-order valence-electron chi connectivity index (χ0n) is 13.9. The van der Waals surface area contributed by atoms with Crippen LogP contribution < -0.4 is 5.32 Å². The molecule has 0 saturated heterocycles. The Hall–Kier alpha value is -2.01. The molecule has 0 fully saturated rings. The summed E-state index contributed by atoms with van der Waals surface area (Å²) in [5, 5.41) is 4.57. The molecule has 0 unspecified atom stereocenters. The summed E-state index contributed by atoms with van der Waals surface area (Å²) in [5.41, 5.74) is 1.48. The quantitative estimate of drug-likeness (QED) is 0.657. The zero-order valence-corrected chi connectivity index (χ0v) is 16.2. The maximum Gasteiger partial charge on any atom is 0.225 e. The van der Waals surface area contributed by atoms with Gasteiger partial charge in [0.1, 0.15) is 11.9 Å². The van der Waals surface area contributed by atoms with Gasteiger partial charge in [0.2, 0.25) is 5.91 Å². The highest BCUT2D eigenvalue weighted by atomic mass is 35.5. The maximum absolute atomic E-state index is 12.7. The second kappa shape index (κ2) is 8.12. The monoisotopic (exact) mass is 407 g/mol. The molecule has 0 aliphatic rings. The maximum atomic E-state index is 12.7. The molecule has 2 aromatic carbocycles. The van der Waals surface area contributed by atoms with Crippen LogP contribution in [0.25, 0.3) is 0 Å². The van der Waals surface area contributed by atoms with Crippen molar-refractivity contribution in [2.45, 2.75) is 12.5 Å². The molecule has 0 saturated carbocycles. The SMILES string of the molecule is Cn1ccnc1[C@H](NC(=O)Cc1c(Cl)cccc1Cl)c1ccc(Cl)cc1. The van der Waals surface area contributed by atoms with E-state index in [4.69, 9.17) is 34.8 Å². The fourth-order valence-electron chi connectivity index (χ4n) is 2.68. The smallest absolute Gasteiger partial charge is 0.225 e. The summed E-state index contributed by atoms with van der Waals surface area (Å²) in [7, 11) is 1.88. The van der Waals surface area contributed by atoms with Gasteiger partial charge in [-0.2, -0.15) is 0 Å². The predicted molar refractivity (Wildman–Crippen MR) is 105 cm³/mol. The van der Waals surface area contributed by atoms with Gasteiger partial charge in [-0.15, -0.1) is 0 Å². The Balaban J connectivity index is 1.87. The Morgan fingerprint density at radius 2 is 1.77 bits per heavy atom. The van der Waals surface area contributed by atoms with Gasteiger partial charge < -0.3 is 9.88 Å². The average Bonchev–Trinajstić information content (AvgIpc) is 3.03. The number of nitrogens with zero attached hydrogens (tertiary/aromatic N) is 2. The van der Waals surface area contributed by atoms with E-state index >= 15 is 0 Å². The molecule has 4 nitrogen and oxygen atoms in total. The largest absolute Gasteiger partial charge is 0.342 e. The van der Waals surface area contributed by atoms with E-state index in [0.717, 1.165) is 5.56 Å². The van der Waals surface area contributed by atoms with Gasteiger partial charge in [-0.25, -0.2) is 4.98 Å². The summed E-state index contributed by atoms with van der Waals surface area (Å²) in [6, 6.07) is 12.1. The van der Waals surface area contributed by atoms with Crippen LogP contribution in [-0.4, -0.2) is 15.5 Å².